The van der Waals surface area contributed by atoms with Crippen molar-refractivity contribution in [1.82, 2.24) is 0 Å². The second-order valence-electron chi connectivity index (χ2n) is 9.00. The van der Waals surface area contributed by atoms with Crippen LogP contribution in [-0.2, 0) is 10.1 Å². The molecule has 0 heterocycles. The zero-order valence-electron chi connectivity index (χ0n) is 19.9. The van der Waals surface area contributed by atoms with E-state index in [0.717, 1.165) is 18.4 Å². The molecular weight excluding hydrogens is 519 g/mol. The monoisotopic (exact) mass is 564 g/mol. The Morgan fingerprint density at radius 3 is 1.58 bits per heavy atom. The molecule has 0 aliphatic rings. The molecule has 0 spiro atoms. The Morgan fingerprint density at radius 2 is 1.16 bits per heavy atom. The van der Waals surface area contributed by atoms with Crippen molar-refractivity contribution in [2.24, 2.45) is 0 Å². The van der Waals surface area contributed by atoms with E-state index in [9.17, 15) is 13.0 Å². The van der Waals surface area contributed by atoms with Crippen molar-refractivity contribution in [3.8, 4) is 0 Å². The van der Waals surface area contributed by atoms with E-state index < -0.39 is 10.1 Å². The molecule has 0 saturated heterocycles. The number of rotatable bonds is 19. The van der Waals surface area contributed by atoms with Crippen molar-refractivity contribution in [2.45, 2.75) is 134 Å². The quantitative estimate of drug-likeness (QED) is 0.104. The fraction of sp³-hybridized carbons (Fsp3) is 0.769. The van der Waals surface area contributed by atoms with Crippen molar-refractivity contribution in [3.63, 3.8) is 0 Å². The maximum atomic E-state index is 11.8. The van der Waals surface area contributed by atoms with E-state index in [4.69, 9.17) is 0 Å². The van der Waals surface area contributed by atoms with E-state index >= 15 is 0 Å². The molecular formula is C26H45IO3S. The molecule has 1 unspecified atom stereocenters. The predicted molar refractivity (Wildman–Crippen MR) is 142 cm³/mol. The Balaban J connectivity index is 2.56. The van der Waals surface area contributed by atoms with Gasteiger partial charge in [0.1, 0.15) is 4.90 Å². The molecule has 180 valence electrons. The van der Waals surface area contributed by atoms with Crippen LogP contribution in [0.4, 0.5) is 0 Å². The van der Waals surface area contributed by atoms with Gasteiger partial charge in [-0.1, -0.05) is 122 Å². The molecule has 1 aromatic rings. The lowest BCUT2D eigenvalue weighted by atomic mass is 9.88. The van der Waals surface area contributed by atoms with Crippen LogP contribution in [0, 0.1) is 3.57 Å². The lowest BCUT2D eigenvalue weighted by Gasteiger charge is -2.20. The van der Waals surface area contributed by atoms with Crippen LogP contribution in [0.1, 0.15) is 134 Å². The van der Waals surface area contributed by atoms with Gasteiger partial charge in [-0.15, -0.1) is 0 Å². The summed E-state index contributed by atoms with van der Waals surface area (Å²) in [6, 6.07) is 5.35. The minimum Gasteiger partial charge on any atom is -0.282 e. The number of unbranched alkanes of at least 4 members (excludes halogenated alkanes) is 13. The van der Waals surface area contributed by atoms with Crippen LogP contribution >= 0.6 is 22.6 Å². The van der Waals surface area contributed by atoms with Gasteiger partial charge in [0.05, 0.1) is 0 Å². The molecule has 1 atom stereocenters. The summed E-state index contributed by atoms with van der Waals surface area (Å²) >= 11 is 2.11. The Bertz CT molecular complexity index is 688. The van der Waals surface area contributed by atoms with Crippen LogP contribution in [0.2, 0.25) is 0 Å². The first-order valence-corrected chi connectivity index (χ1v) is 15.2. The number of hydrogen-bond donors (Lipinski definition) is 1. The predicted octanol–water partition coefficient (Wildman–Crippen LogP) is 9.29. The van der Waals surface area contributed by atoms with Gasteiger partial charge in [0.2, 0.25) is 0 Å². The molecule has 0 aliphatic heterocycles. The SMILES string of the molecule is CCCCCCCCCCCCC(CCCCCCC)c1cccc(S(=O)(=O)O)c1I. The van der Waals surface area contributed by atoms with Crippen molar-refractivity contribution in [1.29, 1.82) is 0 Å². The van der Waals surface area contributed by atoms with Crippen LogP contribution < -0.4 is 0 Å². The molecule has 1 aromatic carbocycles. The van der Waals surface area contributed by atoms with Crippen LogP contribution in [-0.4, -0.2) is 13.0 Å². The van der Waals surface area contributed by atoms with Crippen LogP contribution in [0.25, 0.3) is 0 Å². The Hall–Kier alpha value is -0.140. The molecule has 0 saturated carbocycles. The van der Waals surface area contributed by atoms with Gasteiger partial charge in [-0.3, -0.25) is 4.55 Å². The van der Waals surface area contributed by atoms with Gasteiger partial charge in [-0.25, -0.2) is 0 Å². The Labute approximate surface area is 206 Å². The normalized spacial score (nSPS) is 12.9. The van der Waals surface area contributed by atoms with Crippen molar-refractivity contribution in [2.75, 3.05) is 0 Å². The number of benzene rings is 1. The smallest absolute Gasteiger partial charge is 0.282 e. The summed E-state index contributed by atoms with van der Waals surface area (Å²) in [7, 11) is -4.17. The summed E-state index contributed by atoms with van der Waals surface area (Å²) in [5.74, 6) is 0.379. The van der Waals surface area contributed by atoms with Gasteiger partial charge in [0.25, 0.3) is 10.1 Å². The van der Waals surface area contributed by atoms with Gasteiger partial charge in [0.15, 0.2) is 0 Å². The topological polar surface area (TPSA) is 54.4 Å². The Morgan fingerprint density at radius 1 is 0.742 bits per heavy atom. The first-order valence-electron chi connectivity index (χ1n) is 12.7. The third kappa shape index (κ3) is 12.6. The summed E-state index contributed by atoms with van der Waals surface area (Å²) in [4.78, 5) is 0.0599. The average Bonchev–Trinajstić information content (AvgIpc) is 2.73. The fourth-order valence-electron chi connectivity index (χ4n) is 4.37. The highest BCUT2D eigenvalue weighted by atomic mass is 127. The minimum atomic E-state index is -4.17. The maximum Gasteiger partial charge on any atom is 0.295 e. The molecule has 0 aliphatic carbocycles. The third-order valence-electron chi connectivity index (χ3n) is 6.27. The van der Waals surface area contributed by atoms with E-state index in [2.05, 4.69) is 42.5 Å². The first kappa shape index (κ1) is 28.9. The molecule has 0 radical (unpaired) electrons. The number of halogens is 1. The summed E-state index contributed by atoms with van der Waals surface area (Å²) in [6.07, 6.45) is 21.8. The second-order valence-corrected chi connectivity index (χ2v) is 11.5. The molecule has 5 heteroatoms. The summed E-state index contributed by atoms with van der Waals surface area (Å²) < 4.78 is 33.8. The standard InChI is InChI=1S/C26H45IO3S/c1-3-5-7-9-10-11-12-13-15-17-20-23(19-16-14-8-6-4-2)24-21-18-22-25(26(24)27)31(28,29)30/h18,21-23H,3-17,19-20H2,1-2H3,(H,28,29,30). The van der Waals surface area contributed by atoms with E-state index in [1.165, 1.54) is 102 Å². The molecule has 0 amide bonds. The Kier molecular flexibility index (Phi) is 16.2. The van der Waals surface area contributed by atoms with Gasteiger partial charge in [-0.2, -0.15) is 8.42 Å². The molecule has 1 rings (SSSR count). The van der Waals surface area contributed by atoms with Crippen LogP contribution in [0.5, 0.6) is 0 Å². The van der Waals surface area contributed by atoms with E-state index in [1.807, 2.05) is 0 Å². The third-order valence-corrected chi connectivity index (χ3v) is 8.74. The largest absolute Gasteiger partial charge is 0.295 e. The lowest BCUT2D eigenvalue weighted by molar-refractivity contribution is 0.477. The van der Waals surface area contributed by atoms with Crippen molar-refractivity contribution in [3.05, 3.63) is 27.3 Å². The highest BCUT2D eigenvalue weighted by Gasteiger charge is 2.21. The highest BCUT2D eigenvalue weighted by Crippen LogP contribution is 2.34. The molecule has 31 heavy (non-hydrogen) atoms. The zero-order chi connectivity index (χ0) is 23.0. The van der Waals surface area contributed by atoms with Gasteiger partial charge < -0.3 is 0 Å². The van der Waals surface area contributed by atoms with E-state index in [0.29, 0.717) is 9.49 Å². The van der Waals surface area contributed by atoms with E-state index in [1.54, 1.807) is 6.07 Å². The maximum absolute atomic E-state index is 11.8. The van der Waals surface area contributed by atoms with Crippen molar-refractivity contribution >= 4 is 32.7 Å². The van der Waals surface area contributed by atoms with Gasteiger partial charge >= 0.3 is 0 Å². The minimum absolute atomic E-state index is 0.0599. The van der Waals surface area contributed by atoms with Gasteiger partial charge in [0, 0.05) is 3.57 Å². The molecule has 1 N–H and O–H groups in total. The average molecular weight is 565 g/mol. The highest BCUT2D eigenvalue weighted by molar-refractivity contribution is 14.1. The molecule has 0 aromatic heterocycles. The fourth-order valence-corrected chi connectivity index (χ4v) is 6.60. The van der Waals surface area contributed by atoms with Crippen LogP contribution in [0.15, 0.2) is 23.1 Å². The molecule has 0 bridgehead atoms. The molecule has 3 nitrogen and oxygen atoms in total. The van der Waals surface area contributed by atoms with Crippen molar-refractivity contribution < 1.29 is 13.0 Å². The van der Waals surface area contributed by atoms with Crippen LogP contribution in [0.3, 0.4) is 0 Å². The van der Waals surface area contributed by atoms with Gasteiger partial charge in [-0.05, 0) is 53.0 Å². The summed E-state index contributed by atoms with van der Waals surface area (Å²) in [6.45, 7) is 4.50. The molecule has 0 fully saturated rings. The summed E-state index contributed by atoms with van der Waals surface area (Å²) in [5, 5.41) is 0. The first-order chi connectivity index (χ1) is 14.9. The zero-order valence-corrected chi connectivity index (χ0v) is 22.9. The second kappa shape index (κ2) is 17.4. The lowest BCUT2D eigenvalue weighted by Crippen LogP contribution is -2.07. The number of hydrogen-bond acceptors (Lipinski definition) is 2. The summed E-state index contributed by atoms with van der Waals surface area (Å²) in [5.41, 5.74) is 1.10. The van der Waals surface area contributed by atoms with E-state index in [-0.39, 0.29) is 4.90 Å².